The van der Waals surface area contributed by atoms with E-state index in [1.54, 1.807) is 6.33 Å². The van der Waals surface area contributed by atoms with Crippen molar-refractivity contribution >= 4 is 24.2 Å². The van der Waals surface area contributed by atoms with Gasteiger partial charge in [-0.1, -0.05) is 75.1 Å². The molecule has 2 nitrogen and oxygen atoms in total. The molecule has 0 saturated heterocycles. The molecule has 0 radical (unpaired) electrons. The first-order valence-corrected chi connectivity index (χ1v) is 11.7. The zero-order chi connectivity index (χ0) is 16.6. The summed E-state index contributed by atoms with van der Waals surface area (Å²) in [6.07, 6.45) is 1.68. The van der Waals surface area contributed by atoms with Gasteiger partial charge in [0.15, 0.2) is 0 Å². The van der Waals surface area contributed by atoms with Gasteiger partial charge in [0.2, 0.25) is 0 Å². The third-order valence-corrected chi connectivity index (χ3v) is 6.40. The maximum atomic E-state index is 4.54. The van der Waals surface area contributed by atoms with Crippen LogP contribution in [0.2, 0.25) is 19.6 Å². The van der Waals surface area contributed by atoms with Gasteiger partial charge in [0.05, 0.1) is 19.3 Å². The Labute approximate surface area is 139 Å². The van der Waals surface area contributed by atoms with Gasteiger partial charge in [0, 0.05) is 10.9 Å². The lowest BCUT2D eigenvalue weighted by Crippen LogP contribution is -2.37. The van der Waals surface area contributed by atoms with Crippen molar-refractivity contribution in [2.75, 3.05) is 0 Å². The first-order valence-electron chi connectivity index (χ1n) is 8.22. The summed E-state index contributed by atoms with van der Waals surface area (Å²) < 4.78 is 0. The molecule has 3 rings (SSSR count). The number of hydrogen-bond acceptors (Lipinski definition) is 2. The quantitative estimate of drug-likeness (QED) is 0.637. The fourth-order valence-electron chi connectivity index (χ4n) is 2.78. The van der Waals surface area contributed by atoms with Crippen LogP contribution in [0.15, 0.2) is 48.8 Å². The number of aromatic nitrogens is 2. The van der Waals surface area contributed by atoms with Gasteiger partial charge >= 0.3 is 0 Å². The highest BCUT2D eigenvalue weighted by molar-refractivity contribution is 6.88. The lowest BCUT2D eigenvalue weighted by molar-refractivity contribution is 0.867. The van der Waals surface area contributed by atoms with Gasteiger partial charge in [-0.3, -0.25) is 0 Å². The average Bonchev–Trinajstić information content (AvgIpc) is 2.53. The van der Waals surface area contributed by atoms with Crippen LogP contribution in [0.3, 0.4) is 0 Å². The van der Waals surface area contributed by atoms with Crippen LogP contribution in [0.25, 0.3) is 22.2 Å². The van der Waals surface area contributed by atoms with Gasteiger partial charge < -0.3 is 0 Å². The van der Waals surface area contributed by atoms with Crippen LogP contribution in [0, 0.1) is 0 Å². The fourth-order valence-corrected chi connectivity index (χ4v) is 3.93. The molecule has 118 valence electrons. The molecular formula is C20H24N2Si. The topological polar surface area (TPSA) is 25.8 Å². The molecule has 0 bridgehead atoms. The largest absolute Gasteiger partial charge is 0.236 e. The van der Waals surface area contributed by atoms with Gasteiger partial charge in [-0.2, -0.15) is 0 Å². The molecule has 1 heterocycles. The van der Waals surface area contributed by atoms with Crippen LogP contribution in [0.1, 0.15) is 25.3 Å². The molecular weight excluding hydrogens is 296 g/mol. The van der Waals surface area contributed by atoms with E-state index >= 15 is 0 Å². The third-order valence-electron chi connectivity index (χ3n) is 4.35. The van der Waals surface area contributed by atoms with Crippen molar-refractivity contribution in [3.63, 3.8) is 0 Å². The lowest BCUT2D eigenvalue weighted by atomic mass is 9.99. The number of fused-ring (bicyclic) bond motifs is 1. The zero-order valence-electron chi connectivity index (χ0n) is 14.6. The molecule has 3 heteroatoms. The van der Waals surface area contributed by atoms with Crippen LogP contribution in [0.4, 0.5) is 0 Å². The van der Waals surface area contributed by atoms with E-state index in [0.29, 0.717) is 5.92 Å². The summed E-state index contributed by atoms with van der Waals surface area (Å²) in [5.74, 6) is 0.547. The summed E-state index contributed by atoms with van der Waals surface area (Å²) in [4.78, 5) is 9.04. The van der Waals surface area contributed by atoms with Gasteiger partial charge in [-0.25, -0.2) is 9.97 Å². The highest BCUT2D eigenvalue weighted by Gasteiger charge is 2.17. The Morgan fingerprint density at radius 3 is 2.17 bits per heavy atom. The molecule has 0 aliphatic carbocycles. The van der Waals surface area contributed by atoms with E-state index in [-0.39, 0.29) is 0 Å². The molecule has 0 aliphatic rings. The van der Waals surface area contributed by atoms with E-state index in [1.807, 2.05) is 0 Å². The second kappa shape index (κ2) is 5.89. The van der Waals surface area contributed by atoms with Gasteiger partial charge in [0.1, 0.15) is 6.33 Å². The van der Waals surface area contributed by atoms with Crippen LogP contribution >= 0.6 is 0 Å². The number of nitrogens with zero attached hydrogens (tertiary/aromatic N) is 2. The number of benzene rings is 2. The van der Waals surface area contributed by atoms with Crippen molar-refractivity contribution < 1.29 is 0 Å². The van der Waals surface area contributed by atoms with E-state index in [0.717, 1.165) is 22.2 Å². The van der Waals surface area contributed by atoms with Crippen LogP contribution in [0.5, 0.6) is 0 Å². The summed E-state index contributed by atoms with van der Waals surface area (Å²) in [6, 6.07) is 15.4. The molecule has 0 fully saturated rings. The predicted molar refractivity (Wildman–Crippen MR) is 102 cm³/mol. The lowest BCUT2D eigenvalue weighted by Gasteiger charge is -2.17. The van der Waals surface area contributed by atoms with Crippen molar-refractivity contribution in [1.82, 2.24) is 9.97 Å². The van der Waals surface area contributed by atoms with Crippen molar-refractivity contribution in [2.24, 2.45) is 0 Å². The highest BCUT2D eigenvalue weighted by atomic mass is 28.3. The molecule has 3 aromatic rings. The van der Waals surface area contributed by atoms with Crippen LogP contribution < -0.4 is 5.19 Å². The minimum atomic E-state index is -1.33. The van der Waals surface area contributed by atoms with E-state index in [4.69, 9.17) is 0 Å². The Hall–Kier alpha value is -2.00. The summed E-state index contributed by atoms with van der Waals surface area (Å²) in [5.41, 5.74) is 4.57. The van der Waals surface area contributed by atoms with Crippen molar-refractivity contribution in [3.8, 4) is 11.3 Å². The van der Waals surface area contributed by atoms with E-state index < -0.39 is 8.07 Å². The van der Waals surface area contributed by atoms with Crippen molar-refractivity contribution in [3.05, 3.63) is 54.4 Å². The second-order valence-electron chi connectivity index (χ2n) is 7.48. The maximum absolute atomic E-state index is 4.54. The van der Waals surface area contributed by atoms with Crippen molar-refractivity contribution in [2.45, 2.75) is 39.4 Å². The van der Waals surface area contributed by atoms with Crippen LogP contribution in [-0.2, 0) is 0 Å². The monoisotopic (exact) mass is 320 g/mol. The Kier molecular flexibility index (Phi) is 4.07. The first-order chi connectivity index (χ1) is 10.9. The first kappa shape index (κ1) is 15.9. The van der Waals surface area contributed by atoms with Crippen LogP contribution in [-0.4, -0.2) is 18.0 Å². The summed E-state index contributed by atoms with van der Waals surface area (Å²) in [7, 11) is -1.33. The molecule has 0 atom stereocenters. The molecule has 0 aliphatic heterocycles. The summed E-state index contributed by atoms with van der Waals surface area (Å²) >= 11 is 0. The van der Waals surface area contributed by atoms with Crippen molar-refractivity contribution in [1.29, 1.82) is 0 Å². The summed E-state index contributed by atoms with van der Waals surface area (Å²) in [6.45, 7) is 11.5. The second-order valence-corrected chi connectivity index (χ2v) is 12.6. The Balaban J connectivity index is 2.11. The van der Waals surface area contributed by atoms with E-state index in [1.165, 1.54) is 10.8 Å². The molecule has 1 aromatic heterocycles. The Morgan fingerprint density at radius 2 is 1.57 bits per heavy atom. The molecule has 0 spiro atoms. The standard InChI is InChI=1S/C20H24N2Si/c1-14(2)15-6-8-16(9-7-15)20-18-11-10-17(23(3,4)5)12-19(18)21-13-22-20/h6-14H,1-5H3. The number of rotatable bonds is 3. The normalized spacial score (nSPS) is 12.1. The molecule has 23 heavy (non-hydrogen) atoms. The zero-order valence-corrected chi connectivity index (χ0v) is 15.6. The molecule has 2 aromatic carbocycles. The smallest absolute Gasteiger partial charge is 0.116 e. The maximum Gasteiger partial charge on any atom is 0.116 e. The van der Waals surface area contributed by atoms with E-state index in [2.05, 4.69) is 85.9 Å². The third kappa shape index (κ3) is 3.20. The molecule has 0 N–H and O–H groups in total. The molecule has 0 saturated carbocycles. The Bertz CT molecular complexity index is 830. The van der Waals surface area contributed by atoms with E-state index in [9.17, 15) is 0 Å². The minimum absolute atomic E-state index is 0.547. The molecule has 0 unspecified atom stereocenters. The number of hydrogen-bond donors (Lipinski definition) is 0. The SMILES string of the molecule is CC(C)c1ccc(-c2ncnc3cc([Si](C)(C)C)ccc23)cc1. The summed E-state index contributed by atoms with van der Waals surface area (Å²) in [5, 5.41) is 2.57. The predicted octanol–water partition coefficient (Wildman–Crippen LogP) is 4.97. The Morgan fingerprint density at radius 1 is 0.870 bits per heavy atom. The van der Waals surface area contributed by atoms with Gasteiger partial charge in [0.25, 0.3) is 0 Å². The van der Waals surface area contributed by atoms with Gasteiger partial charge in [-0.15, -0.1) is 0 Å². The molecule has 0 amide bonds. The minimum Gasteiger partial charge on any atom is -0.236 e. The fraction of sp³-hybridized carbons (Fsp3) is 0.300. The highest BCUT2D eigenvalue weighted by Crippen LogP contribution is 2.26. The van der Waals surface area contributed by atoms with Gasteiger partial charge in [-0.05, 0) is 17.5 Å². The average molecular weight is 321 g/mol.